The Hall–Kier alpha value is -1.17. The number of thiocarbonyl (C=S) groups is 1. The van der Waals surface area contributed by atoms with Crippen LogP contribution in [0.4, 0.5) is 0 Å². The zero-order chi connectivity index (χ0) is 16.9. The molecule has 0 fully saturated rings. The molecule has 130 valence electrons. The van der Waals surface area contributed by atoms with Gasteiger partial charge in [0.05, 0.1) is 0 Å². The first kappa shape index (κ1) is 19.9. The minimum absolute atomic E-state index is 0.765. The van der Waals surface area contributed by atoms with Gasteiger partial charge in [-0.25, -0.2) is 0 Å². The SMILES string of the molecule is COCCCNC(=S)N(CCCc1ccccc1)CCN(C)C. The molecule has 4 nitrogen and oxygen atoms in total. The number of likely N-dealkylation sites (N-methyl/N-ethyl adjacent to an activating group) is 1. The molecule has 0 bridgehead atoms. The Bertz CT molecular complexity index is 426. The maximum Gasteiger partial charge on any atom is 0.168 e. The van der Waals surface area contributed by atoms with Crippen molar-refractivity contribution < 1.29 is 4.74 Å². The molecule has 0 unspecified atom stereocenters. The highest BCUT2D eigenvalue weighted by Crippen LogP contribution is 2.04. The molecule has 0 aliphatic heterocycles. The van der Waals surface area contributed by atoms with Crippen LogP contribution in [-0.2, 0) is 11.2 Å². The molecular weight excluding hydrogens is 306 g/mol. The number of hydrogen-bond acceptors (Lipinski definition) is 3. The maximum atomic E-state index is 5.56. The van der Waals surface area contributed by atoms with Crippen LogP contribution in [0.25, 0.3) is 0 Å². The molecule has 1 aromatic carbocycles. The van der Waals surface area contributed by atoms with Crippen molar-refractivity contribution in [3.8, 4) is 0 Å². The molecule has 5 heteroatoms. The van der Waals surface area contributed by atoms with Crippen molar-refractivity contribution >= 4 is 17.3 Å². The molecule has 1 rings (SSSR count). The summed E-state index contributed by atoms with van der Waals surface area (Å²) in [6.45, 7) is 4.58. The summed E-state index contributed by atoms with van der Waals surface area (Å²) in [6, 6.07) is 10.6. The summed E-state index contributed by atoms with van der Waals surface area (Å²) in [6.07, 6.45) is 3.17. The summed E-state index contributed by atoms with van der Waals surface area (Å²) < 4.78 is 5.07. The quantitative estimate of drug-likeness (QED) is 0.494. The first-order valence-electron chi connectivity index (χ1n) is 8.34. The molecule has 0 aromatic heterocycles. The summed E-state index contributed by atoms with van der Waals surface area (Å²) in [5.41, 5.74) is 1.39. The molecule has 0 amide bonds. The van der Waals surface area contributed by atoms with Crippen LogP contribution in [0.1, 0.15) is 18.4 Å². The average molecular weight is 338 g/mol. The second-order valence-corrected chi connectivity index (χ2v) is 6.34. The lowest BCUT2D eigenvalue weighted by atomic mass is 10.1. The molecule has 0 aliphatic rings. The van der Waals surface area contributed by atoms with Gasteiger partial charge in [0.15, 0.2) is 5.11 Å². The van der Waals surface area contributed by atoms with Gasteiger partial charge in [0.2, 0.25) is 0 Å². The second-order valence-electron chi connectivity index (χ2n) is 5.96. The Morgan fingerprint density at radius 2 is 1.83 bits per heavy atom. The Kier molecular flexibility index (Phi) is 10.6. The zero-order valence-corrected chi connectivity index (χ0v) is 15.6. The van der Waals surface area contributed by atoms with E-state index in [1.807, 2.05) is 0 Å². The van der Waals surface area contributed by atoms with Crippen molar-refractivity contribution in [3.05, 3.63) is 35.9 Å². The minimum Gasteiger partial charge on any atom is -0.385 e. The van der Waals surface area contributed by atoms with E-state index in [1.165, 1.54) is 5.56 Å². The summed E-state index contributed by atoms with van der Waals surface area (Å²) in [5.74, 6) is 0. The predicted molar refractivity (Wildman–Crippen MR) is 102 cm³/mol. The fourth-order valence-electron chi connectivity index (χ4n) is 2.28. The van der Waals surface area contributed by atoms with E-state index < -0.39 is 0 Å². The molecular formula is C18H31N3OS. The number of benzene rings is 1. The van der Waals surface area contributed by atoms with Crippen molar-refractivity contribution in [3.63, 3.8) is 0 Å². The Morgan fingerprint density at radius 1 is 1.09 bits per heavy atom. The smallest absolute Gasteiger partial charge is 0.168 e. The lowest BCUT2D eigenvalue weighted by molar-refractivity contribution is 0.195. The third kappa shape index (κ3) is 9.54. The molecule has 0 saturated heterocycles. The lowest BCUT2D eigenvalue weighted by Crippen LogP contribution is -2.43. The summed E-state index contributed by atoms with van der Waals surface area (Å²) in [7, 11) is 5.92. The second kappa shape index (κ2) is 12.3. The largest absolute Gasteiger partial charge is 0.385 e. The Balaban J connectivity index is 2.39. The predicted octanol–water partition coefficient (Wildman–Crippen LogP) is 2.39. The topological polar surface area (TPSA) is 27.7 Å². The van der Waals surface area contributed by atoms with Crippen molar-refractivity contribution in [2.75, 3.05) is 54.0 Å². The van der Waals surface area contributed by atoms with Gasteiger partial charge in [-0.2, -0.15) is 0 Å². The van der Waals surface area contributed by atoms with Gasteiger partial charge in [0.1, 0.15) is 0 Å². The molecule has 1 aromatic rings. The fraction of sp³-hybridized carbons (Fsp3) is 0.611. The van der Waals surface area contributed by atoms with Crippen LogP contribution in [0.2, 0.25) is 0 Å². The van der Waals surface area contributed by atoms with Gasteiger partial charge >= 0.3 is 0 Å². The van der Waals surface area contributed by atoms with Gasteiger partial charge in [-0.05, 0) is 51.1 Å². The molecule has 0 atom stereocenters. The highest BCUT2D eigenvalue weighted by atomic mass is 32.1. The van der Waals surface area contributed by atoms with Gasteiger partial charge in [-0.15, -0.1) is 0 Å². The molecule has 23 heavy (non-hydrogen) atoms. The maximum absolute atomic E-state index is 5.56. The van der Waals surface area contributed by atoms with Gasteiger partial charge in [-0.3, -0.25) is 0 Å². The van der Waals surface area contributed by atoms with E-state index in [4.69, 9.17) is 17.0 Å². The first-order valence-corrected chi connectivity index (χ1v) is 8.74. The van der Waals surface area contributed by atoms with E-state index >= 15 is 0 Å². The van der Waals surface area contributed by atoms with Crippen LogP contribution in [0.15, 0.2) is 30.3 Å². The van der Waals surface area contributed by atoms with Crippen LogP contribution in [-0.4, -0.2) is 68.9 Å². The Labute approximate surface area is 146 Å². The molecule has 1 N–H and O–H groups in total. The number of rotatable bonds is 11. The van der Waals surface area contributed by atoms with Gasteiger partial charge < -0.3 is 19.9 Å². The summed E-state index contributed by atoms with van der Waals surface area (Å²) in [4.78, 5) is 4.48. The average Bonchev–Trinajstić information content (AvgIpc) is 2.55. The molecule has 0 radical (unpaired) electrons. The van der Waals surface area contributed by atoms with Crippen molar-refractivity contribution in [2.45, 2.75) is 19.3 Å². The number of nitrogens with one attached hydrogen (secondary N) is 1. The van der Waals surface area contributed by atoms with E-state index in [9.17, 15) is 0 Å². The standard InChI is InChI=1S/C18H31N3OS/c1-20(2)14-15-21(18(23)19-12-8-16-22-3)13-7-11-17-9-5-4-6-10-17/h4-6,9-10H,7-8,11-16H2,1-3H3,(H,19,23). The molecule has 0 spiro atoms. The van der Waals surface area contributed by atoms with Gasteiger partial charge in [0.25, 0.3) is 0 Å². The van der Waals surface area contributed by atoms with Gasteiger partial charge in [-0.1, -0.05) is 30.3 Å². The van der Waals surface area contributed by atoms with Crippen molar-refractivity contribution in [2.24, 2.45) is 0 Å². The van der Waals surface area contributed by atoms with Gasteiger partial charge in [0, 0.05) is 39.9 Å². The number of hydrogen-bond donors (Lipinski definition) is 1. The van der Waals surface area contributed by atoms with E-state index in [0.29, 0.717) is 0 Å². The van der Waals surface area contributed by atoms with Crippen LogP contribution in [0.5, 0.6) is 0 Å². The normalized spacial score (nSPS) is 10.8. The minimum atomic E-state index is 0.765. The van der Waals surface area contributed by atoms with Crippen molar-refractivity contribution in [1.82, 2.24) is 15.1 Å². The highest BCUT2D eigenvalue weighted by Gasteiger charge is 2.09. The van der Waals surface area contributed by atoms with E-state index in [-0.39, 0.29) is 0 Å². The van der Waals surface area contributed by atoms with E-state index in [2.05, 4.69) is 59.5 Å². The van der Waals surface area contributed by atoms with Crippen LogP contribution >= 0.6 is 12.2 Å². The fourth-order valence-corrected chi connectivity index (χ4v) is 2.56. The summed E-state index contributed by atoms with van der Waals surface area (Å²) in [5, 5.41) is 4.21. The highest BCUT2D eigenvalue weighted by molar-refractivity contribution is 7.80. The Morgan fingerprint density at radius 3 is 2.48 bits per heavy atom. The third-order valence-corrected chi connectivity index (χ3v) is 4.04. The van der Waals surface area contributed by atoms with Crippen LogP contribution < -0.4 is 5.32 Å². The number of ether oxygens (including phenoxy) is 1. The van der Waals surface area contributed by atoms with Crippen molar-refractivity contribution in [1.29, 1.82) is 0 Å². The summed E-state index contributed by atoms with van der Waals surface area (Å²) >= 11 is 5.56. The lowest BCUT2D eigenvalue weighted by Gasteiger charge is -2.27. The van der Waals surface area contributed by atoms with E-state index in [0.717, 1.165) is 57.2 Å². The van der Waals surface area contributed by atoms with E-state index in [1.54, 1.807) is 7.11 Å². The molecule has 0 saturated carbocycles. The number of methoxy groups -OCH3 is 1. The van der Waals surface area contributed by atoms with Crippen LogP contribution in [0, 0.1) is 0 Å². The molecule has 0 aliphatic carbocycles. The monoisotopic (exact) mass is 337 g/mol. The number of aryl methyl sites for hydroxylation is 1. The van der Waals surface area contributed by atoms with Crippen LogP contribution in [0.3, 0.4) is 0 Å². The first-order chi connectivity index (χ1) is 11.1. The zero-order valence-electron chi connectivity index (χ0n) is 14.8. The number of nitrogens with zero attached hydrogens (tertiary/aromatic N) is 2. The third-order valence-electron chi connectivity index (χ3n) is 3.64. The molecule has 0 heterocycles.